The highest BCUT2D eigenvalue weighted by atomic mass is 19.1. The molecule has 1 aromatic carbocycles. The zero-order valence-electron chi connectivity index (χ0n) is 10.4. The molecule has 2 unspecified atom stereocenters. The van der Waals surface area contributed by atoms with Crippen LogP contribution in [-0.2, 0) is 0 Å². The second kappa shape index (κ2) is 4.73. The normalized spacial score (nSPS) is 14.8. The summed E-state index contributed by atoms with van der Waals surface area (Å²) in [5.74, 6) is 1.03. The number of imidazole rings is 1. The lowest BCUT2D eigenvalue weighted by molar-refractivity contribution is 0.493. The molecule has 0 spiro atoms. The summed E-state index contributed by atoms with van der Waals surface area (Å²) < 4.78 is 13.0. The van der Waals surface area contributed by atoms with Crippen LogP contribution in [0.25, 0.3) is 11.0 Å². The van der Waals surface area contributed by atoms with Crippen LogP contribution in [0.1, 0.15) is 27.2 Å². The summed E-state index contributed by atoms with van der Waals surface area (Å²) in [5, 5.41) is 3.31. The minimum atomic E-state index is -0.248. The van der Waals surface area contributed by atoms with Gasteiger partial charge in [-0.2, -0.15) is 0 Å². The van der Waals surface area contributed by atoms with Gasteiger partial charge in [0.15, 0.2) is 0 Å². The summed E-state index contributed by atoms with van der Waals surface area (Å²) in [4.78, 5) is 7.46. The van der Waals surface area contributed by atoms with E-state index < -0.39 is 0 Å². The minimum Gasteiger partial charge on any atom is -0.353 e. The molecule has 2 aromatic rings. The van der Waals surface area contributed by atoms with Crippen molar-refractivity contribution < 1.29 is 4.39 Å². The molecular formula is C13H18FN3. The molecule has 17 heavy (non-hydrogen) atoms. The van der Waals surface area contributed by atoms with Crippen LogP contribution >= 0.6 is 0 Å². The van der Waals surface area contributed by atoms with E-state index in [1.54, 1.807) is 6.07 Å². The van der Waals surface area contributed by atoms with Crippen molar-refractivity contribution in [1.29, 1.82) is 0 Å². The number of aromatic nitrogens is 2. The van der Waals surface area contributed by atoms with E-state index in [1.807, 2.05) is 0 Å². The van der Waals surface area contributed by atoms with E-state index in [0.29, 0.717) is 17.9 Å². The molecule has 92 valence electrons. The van der Waals surface area contributed by atoms with Gasteiger partial charge in [-0.3, -0.25) is 0 Å². The van der Waals surface area contributed by atoms with E-state index >= 15 is 0 Å². The molecule has 2 atom stereocenters. The molecule has 0 aliphatic rings. The van der Waals surface area contributed by atoms with Crippen molar-refractivity contribution in [3.8, 4) is 0 Å². The zero-order valence-corrected chi connectivity index (χ0v) is 10.4. The third-order valence-corrected chi connectivity index (χ3v) is 3.31. The molecule has 4 heteroatoms. The van der Waals surface area contributed by atoms with Crippen molar-refractivity contribution in [2.45, 2.75) is 33.2 Å². The second-order valence-electron chi connectivity index (χ2n) is 4.57. The van der Waals surface area contributed by atoms with Crippen LogP contribution in [0.15, 0.2) is 18.2 Å². The van der Waals surface area contributed by atoms with Gasteiger partial charge in [-0.25, -0.2) is 9.37 Å². The number of rotatable bonds is 4. The number of hydrogen-bond acceptors (Lipinski definition) is 2. The predicted molar refractivity (Wildman–Crippen MR) is 68.6 cm³/mol. The van der Waals surface area contributed by atoms with E-state index in [2.05, 4.69) is 36.1 Å². The second-order valence-corrected chi connectivity index (χ2v) is 4.57. The molecule has 0 aliphatic heterocycles. The Morgan fingerprint density at radius 2 is 2.18 bits per heavy atom. The quantitative estimate of drug-likeness (QED) is 0.850. The molecule has 0 radical (unpaired) electrons. The summed E-state index contributed by atoms with van der Waals surface area (Å²) in [6.07, 6.45) is 1.11. The first kappa shape index (κ1) is 11.9. The predicted octanol–water partition coefficient (Wildman–Crippen LogP) is 3.55. The summed E-state index contributed by atoms with van der Waals surface area (Å²) in [6.45, 7) is 6.48. The van der Waals surface area contributed by atoms with Gasteiger partial charge in [-0.05, 0) is 31.0 Å². The molecule has 2 N–H and O–H groups in total. The maximum absolute atomic E-state index is 13.0. The molecule has 0 saturated heterocycles. The van der Waals surface area contributed by atoms with Gasteiger partial charge in [0.25, 0.3) is 0 Å². The van der Waals surface area contributed by atoms with E-state index in [1.165, 1.54) is 12.1 Å². The fraction of sp³-hybridized carbons (Fsp3) is 0.462. The number of fused-ring (bicyclic) bond motifs is 1. The monoisotopic (exact) mass is 235 g/mol. The van der Waals surface area contributed by atoms with Gasteiger partial charge < -0.3 is 10.3 Å². The molecule has 3 nitrogen and oxygen atoms in total. The minimum absolute atomic E-state index is 0.248. The number of hydrogen-bond donors (Lipinski definition) is 2. The van der Waals surface area contributed by atoms with Gasteiger partial charge in [-0.15, -0.1) is 0 Å². The highest BCUT2D eigenvalue weighted by Gasteiger charge is 2.12. The van der Waals surface area contributed by atoms with Crippen molar-refractivity contribution >= 4 is 17.0 Å². The number of nitrogens with one attached hydrogen (secondary N) is 2. The summed E-state index contributed by atoms with van der Waals surface area (Å²) >= 11 is 0. The van der Waals surface area contributed by atoms with Gasteiger partial charge in [0.2, 0.25) is 5.95 Å². The molecule has 2 rings (SSSR count). The molecular weight excluding hydrogens is 217 g/mol. The van der Waals surface area contributed by atoms with E-state index in [9.17, 15) is 4.39 Å². The average Bonchev–Trinajstić information content (AvgIpc) is 2.69. The van der Waals surface area contributed by atoms with Crippen molar-refractivity contribution in [1.82, 2.24) is 9.97 Å². The van der Waals surface area contributed by atoms with Crippen molar-refractivity contribution in [3.05, 3.63) is 24.0 Å². The Bertz CT molecular complexity index is 506. The topological polar surface area (TPSA) is 40.7 Å². The number of aromatic amines is 1. The zero-order chi connectivity index (χ0) is 12.4. The summed E-state index contributed by atoms with van der Waals surface area (Å²) in [5.41, 5.74) is 1.51. The smallest absolute Gasteiger partial charge is 0.201 e. The highest BCUT2D eigenvalue weighted by Crippen LogP contribution is 2.18. The molecule has 0 aliphatic carbocycles. The third kappa shape index (κ3) is 2.57. The van der Waals surface area contributed by atoms with Crippen LogP contribution in [0, 0.1) is 11.7 Å². The fourth-order valence-corrected chi connectivity index (χ4v) is 1.76. The molecule has 1 aromatic heterocycles. The lowest BCUT2D eigenvalue weighted by Crippen LogP contribution is -2.23. The Morgan fingerprint density at radius 1 is 1.41 bits per heavy atom. The van der Waals surface area contributed by atoms with Crippen molar-refractivity contribution in [2.75, 3.05) is 5.32 Å². The Morgan fingerprint density at radius 3 is 2.88 bits per heavy atom. The van der Waals surface area contributed by atoms with Crippen molar-refractivity contribution in [3.63, 3.8) is 0 Å². The van der Waals surface area contributed by atoms with Gasteiger partial charge >= 0.3 is 0 Å². The van der Waals surface area contributed by atoms with Crippen molar-refractivity contribution in [2.24, 2.45) is 5.92 Å². The van der Waals surface area contributed by atoms with Crippen LogP contribution in [0.2, 0.25) is 0 Å². The number of halogens is 1. The lowest BCUT2D eigenvalue weighted by atomic mass is 10.0. The molecule has 0 fully saturated rings. The first-order chi connectivity index (χ1) is 8.10. The van der Waals surface area contributed by atoms with Crippen LogP contribution in [0.3, 0.4) is 0 Å². The lowest BCUT2D eigenvalue weighted by Gasteiger charge is -2.19. The molecule has 0 amide bonds. The fourth-order valence-electron chi connectivity index (χ4n) is 1.76. The Labute approximate surface area is 100 Å². The van der Waals surface area contributed by atoms with Gasteiger partial charge in [0, 0.05) is 6.04 Å². The first-order valence-electron chi connectivity index (χ1n) is 6.02. The van der Waals surface area contributed by atoms with Crippen LogP contribution in [0.4, 0.5) is 10.3 Å². The SMILES string of the molecule is CCC(C)C(C)Nc1nc2ccc(F)cc2[nH]1. The largest absolute Gasteiger partial charge is 0.353 e. The highest BCUT2D eigenvalue weighted by molar-refractivity contribution is 5.77. The number of benzene rings is 1. The van der Waals surface area contributed by atoms with E-state index in [-0.39, 0.29) is 5.82 Å². The molecule has 0 bridgehead atoms. The molecule has 1 heterocycles. The Hall–Kier alpha value is -1.58. The average molecular weight is 235 g/mol. The van der Waals surface area contributed by atoms with Gasteiger partial charge in [0.1, 0.15) is 5.82 Å². The van der Waals surface area contributed by atoms with E-state index in [4.69, 9.17) is 0 Å². The third-order valence-electron chi connectivity index (χ3n) is 3.31. The van der Waals surface area contributed by atoms with Gasteiger partial charge in [-0.1, -0.05) is 20.3 Å². The maximum atomic E-state index is 13.0. The van der Waals surface area contributed by atoms with E-state index in [0.717, 1.165) is 17.5 Å². The molecule has 0 saturated carbocycles. The number of nitrogens with zero attached hydrogens (tertiary/aromatic N) is 1. The Balaban J connectivity index is 2.19. The Kier molecular flexibility index (Phi) is 3.31. The first-order valence-corrected chi connectivity index (χ1v) is 6.02. The van der Waals surface area contributed by atoms with Crippen LogP contribution in [-0.4, -0.2) is 16.0 Å². The standard InChI is InChI=1S/C13H18FN3/c1-4-8(2)9(3)15-13-16-11-6-5-10(14)7-12(11)17-13/h5-9H,4H2,1-3H3,(H2,15,16,17). The van der Waals surface area contributed by atoms with Crippen LogP contribution < -0.4 is 5.32 Å². The number of H-pyrrole nitrogens is 1. The van der Waals surface area contributed by atoms with Crippen LogP contribution in [0.5, 0.6) is 0 Å². The van der Waals surface area contributed by atoms with Gasteiger partial charge in [0.05, 0.1) is 11.0 Å². The maximum Gasteiger partial charge on any atom is 0.201 e. The summed E-state index contributed by atoms with van der Waals surface area (Å²) in [7, 11) is 0. The number of anilines is 1. The summed E-state index contributed by atoms with van der Waals surface area (Å²) in [6, 6.07) is 4.90.